The van der Waals surface area contributed by atoms with E-state index in [1.807, 2.05) is 4.57 Å². The van der Waals surface area contributed by atoms with E-state index in [2.05, 4.69) is 4.98 Å². The van der Waals surface area contributed by atoms with E-state index in [1.165, 1.54) is 6.07 Å². The largest absolute Gasteiger partial charge is 0.326 e. The Bertz CT molecular complexity index is 594. The van der Waals surface area contributed by atoms with Crippen LogP contribution in [0, 0.1) is 5.82 Å². The number of nitrogens with two attached hydrogens (primary N) is 1. The highest BCUT2D eigenvalue weighted by Crippen LogP contribution is 2.30. The van der Waals surface area contributed by atoms with Crippen molar-refractivity contribution in [3.63, 3.8) is 0 Å². The summed E-state index contributed by atoms with van der Waals surface area (Å²) in [4.78, 5) is 4.29. The van der Waals surface area contributed by atoms with Gasteiger partial charge in [-0.3, -0.25) is 0 Å². The molecule has 5 heteroatoms. The van der Waals surface area contributed by atoms with Crippen molar-refractivity contribution in [1.29, 1.82) is 0 Å². The van der Waals surface area contributed by atoms with Gasteiger partial charge in [0.15, 0.2) is 5.15 Å². The van der Waals surface area contributed by atoms with Crippen molar-refractivity contribution in [1.82, 2.24) is 9.55 Å². The van der Waals surface area contributed by atoms with Crippen LogP contribution in [-0.4, -0.2) is 15.6 Å². The summed E-state index contributed by atoms with van der Waals surface area (Å²) in [5.41, 5.74) is 7.39. The van der Waals surface area contributed by atoms with Crippen molar-refractivity contribution in [2.75, 3.05) is 0 Å². The quantitative estimate of drug-likeness (QED) is 0.861. The fourth-order valence-corrected chi connectivity index (χ4v) is 2.66. The van der Waals surface area contributed by atoms with Crippen molar-refractivity contribution < 1.29 is 4.39 Å². The maximum atomic E-state index is 13.8. The van der Waals surface area contributed by atoms with Gasteiger partial charge < -0.3 is 10.3 Å². The zero-order chi connectivity index (χ0) is 12.7. The van der Waals surface area contributed by atoms with Crippen LogP contribution in [0.2, 0.25) is 5.15 Å². The molecular weight excluding hydrogens is 253 g/mol. The molecule has 3 rings (SSSR count). The van der Waals surface area contributed by atoms with E-state index in [0.29, 0.717) is 23.1 Å². The first-order chi connectivity index (χ1) is 8.66. The number of aromatic nitrogens is 2. The Labute approximate surface area is 109 Å². The van der Waals surface area contributed by atoms with Crippen molar-refractivity contribution in [3.8, 4) is 11.4 Å². The lowest BCUT2D eigenvalue weighted by Gasteiger charge is -2.22. The number of imidazole rings is 1. The molecule has 0 saturated carbocycles. The summed E-state index contributed by atoms with van der Waals surface area (Å²) in [6.07, 6.45) is 1.68. The number of rotatable bonds is 1. The topological polar surface area (TPSA) is 43.8 Å². The van der Waals surface area contributed by atoms with Crippen LogP contribution in [0.4, 0.5) is 4.39 Å². The zero-order valence-corrected chi connectivity index (χ0v) is 10.5. The molecule has 1 aliphatic heterocycles. The molecule has 1 atom stereocenters. The Kier molecular flexibility index (Phi) is 2.84. The summed E-state index contributed by atoms with van der Waals surface area (Å²) < 4.78 is 15.8. The molecule has 0 aliphatic carbocycles. The predicted octanol–water partition coefficient (Wildman–Crippen LogP) is 2.62. The Morgan fingerprint density at radius 1 is 1.39 bits per heavy atom. The number of hydrogen-bond acceptors (Lipinski definition) is 2. The number of hydrogen-bond donors (Lipinski definition) is 1. The molecule has 1 aromatic heterocycles. The maximum Gasteiger partial charge on any atom is 0.150 e. The van der Waals surface area contributed by atoms with Crippen LogP contribution in [0.1, 0.15) is 12.1 Å². The molecule has 0 spiro atoms. The van der Waals surface area contributed by atoms with E-state index in [-0.39, 0.29) is 11.9 Å². The van der Waals surface area contributed by atoms with Crippen LogP contribution in [0.3, 0.4) is 0 Å². The molecule has 0 radical (unpaired) electrons. The lowest BCUT2D eigenvalue weighted by atomic mass is 10.1. The molecule has 0 saturated heterocycles. The highest BCUT2D eigenvalue weighted by Gasteiger charge is 2.24. The molecule has 2 N–H and O–H groups in total. The van der Waals surface area contributed by atoms with Gasteiger partial charge >= 0.3 is 0 Å². The highest BCUT2D eigenvalue weighted by atomic mass is 35.5. The summed E-state index contributed by atoms with van der Waals surface area (Å²) >= 11 is 6.12. The Balaban J connectivity index is 2.17. The number of benzene rings is 1. The van der Waals surface area contributed by atoms with Crippen molar-refractivity contribution in [3.05, 3.63) is 40.9 Å². The number of fused-ring (bicyclic) bond motifs is 1. The minimum atomic E-state index is -0.291. The van der Waals surface area contributed by atoms with Gasteiger partial charge in [-0.25, -0.2) is 9.37 Å². The minimum Gasteiger partial charge on any atom is -0.326 e. The second-order valence-corrected chi connectivity index (χ2v) is 4.92. The average Bonchev–Trinajstić information content (AvgIpc) is 2.67. The van der Waals surface area contributed by atoms with Gasteiger partial charge in [0.1, 0.15) is 11.6 Å². The Hall–Kier alpha value is -1.39. The van der Waals surface area contributed by atoms with Gasteiger partial charge in [-0.15, -0.1) is 0 Å². The molecule has 0 fully saturated rings. The summed E-state index contributed by atoms with van der Waals surface area (Å²) in [5.74, 6) is 0.282. The second-order valence-electron chi connectivity index (χ2n) is 4.56. The molecule has 0 bridgehead atoms. The van der Waals surface area contributed by atoms with Crippen LogP contribution < -0.4 is 5.73 Å². The average molecular weight is 266 g/mol. The van der Waals surface area contributed by atoms with Gasteiger partial charge in [0.05, 0.1) is 11.3 Å². The van der Waals surface area contributed by atoms with Gasteiger partial charge in [-0.05, 0) is 25.0 Å². The molecular formula is C13H13ClFN3. The molecule has 2 heterocycles. The molecule has 0 amide bonds. The van der Waals surface area contributed by atoms with Crippen LogP contribution in [0.5, 0.6) is 0 Å². The summed E-state index contributed by atoms with van der Waals surface area (Å²) in [7, 11) is 0. The highest BCUT2D eigenvalue weighted by molar-refractivity contribution is 6.30. The van der Waals surface area contributed by atoms with Gasteiger partial charge in [0.25, 0.3) is 0 Å². The summed E-state index contributed by atoms with van der Waals surface area (Å²) in [6, 6.07) is 6.66. The monoisotopic (exact) mass is 265 g/mol. The van der Waals surface area contributed by atoms with E-state index in [1.54, 1.807) is 18.2 Å². The van der Waals surface area contributed by atoms with Crippen LogP contribution in [0.25, 0.3) is 11.4 Å². The Morgan fingerprint density at radius 2 is 2.17 bits per heavy atom. The molecule has 1 aromatic carbocycles. The maximum absolute atomic E-state index is 13.8. The lowest BCUT2D eigenvalue weighted by Crippen LogP contribution is -2.32. The minimum absolute atomic E-state index is 0.0771. The third-order valence-corrected chi connectivity index (χ3v) is 3.61. The van der Waals surface area contributed by atoms with Crippen LogP contribution >= 0.6 is 11.6 Å². The van der Waals surface area contributed by atoms with E-state index >= 15 is 0 Å². The molecule has 2 aromatic rings. The fraction of sp³-hybridized carbons (Fsp3) is 0.308. The lowest BCUT2D eigenvalue weighted by molar-refractivity contribution is 0.463. The SMILES string of the molecule is NC1CCc2c(Cl)nc(-c3ccccc3F)n2C1. The normalized spacial score (nSPS) is 18.7. The third-order valence-electron chi connectivity index (χ3n) is 3.31. The van der Waals surface area contributed by atoms with Gasteiger partial charge in [-0.2, -0.15) is 0 Å². The fourth-order valence-electron chi connectivity index (χ4n) is 2.39. The molecule has 1 unspecified atom stereocenters. The number of halogens is 2. The van der Waals surface area contributed by atoms with Gasteiger partial charge in [0, 0.05) is 12.6 Å². The van der Waals surface area contributed by atoms with Gasteiger partial charge in [-0.1, -0.05) is 23.7 Å². The standard InChI is InChI=1S/C13H13ClFN3/c14-12-11-6-5-8(16)7-18(11)13(17-12)9-3-1-2-4-10(9)15/h1-4,8H,5-7,16H2. The van der Waals surface area contributed by atoms with E-state index < -0.39 is 0 Å². The van der Waals surface area contributed by atoms with Crippen molar-refractivity contribution in [2.24, 2.45) is 5.73 Å². The first kappa shape index (κ1) is 11.7. The Morgan fingerprint density at radius 3 is 2.94 bits per heavy atom. The molecule has 94 valence electrons. The van der Waals surface area contributed by atoms with E-state index in [9.17, 15) is 4.39 Å². The summed E-state index contributed by atoms with van der Waals surface area (Å²) in [6.45, 7) is 0.638. The van der Waals surface area contributed by atoms with E-state index in [0.717, 1.165) is 18.5 Å². The third kappa shape index (κ3) is 1.82. The predicted molar refractivity (Wildman–Crippen MR) is 68.9 cm³/mol. The van der Waals surface area contributed by atoms with Crippen molar-refractivity contribution >= 4 is 11.6 Å². The molecule has 1 aliphatic rings. The van der Waals surface area contributed by atoms with Crippen molar-refractivity contribution in [2.45, 2.75) is 25.4 Å². The molecule has 3 nitrogen and oxygen atoms in total. The van der Waals surface area contributed by atoms with E-state index in [4.69, 9.17) is 17.3 Å². The van der Waals surface area contributed by atoms with Crippen LogP contribution in [-0.2, 0) is 13.0 Å². The first-order valence-electron chi connectivity index (χ1n) is 5.92. The summed E-state index contributed by atoms with van der Waals surface area (Å²) in [5, 5.41) is 0.458. The smallest absolute Gasteiger partial charge is 0.150 e. The van der Waals surface area contributed by atoms with Gasteiger partial charge in [0.2, 0.25) is 0 Å². The second kappa shape index (κ2) is 4.37. The number of nitrogens with zero attached hydrogens (tertiary/aromatic N) is 2. The van der Waals surface area contributed by atoms with Crippen LogP contribution in [0.15, 0.2) is 24.3 Å². The first-order valence-corrected chi connectivity index (χ1v) is 6.30. The molecule has 18 heavy (non-hydrogen) atoms. The zero-order valence-electron chi connectivity index (χ0n) is 9.74.